The van der Waals surface area contributed by atoms with E-state index >= 15 is 0 Å². The fourth-order valence-corrected chi connectivity index (χ4v) is 6.11. The molecule has 0 aliphatic carbocycles. The zero-order valence-electron chi connectivity index (χ0n) is 21.3. The first-order valence-electron chi connectivity index (χ1n) is 12.7. The minimum Gasteiger partial charge on any atom is -0.493 e. The lowest BCUT2D eigenvalue weighted by Gasteiger charge is -2.41. The summed E-state index contributed by atoms with van der Waals surface area (Å²) in [6, 6.07) is 7.98. The molecule has 9 heteroatoms. The van der Waals surface area contributed by atoms with Crippen LogP contribution in [0.4, 0.5) is 5.69 Å². The number of aromatic carboxylic acids is 1. The Kier molecular flexibility index (Phi) is 7.05. The Bertz CT molecular complexity index is 1420. The van der Waals surface area contributed by atoms with Gasteiger partial charge in [-0.25, -0.2) is 4.79 Å². The van der Waals surface area contributed by atoms with E-state index in [1.807, 2.05) is 16.7 Å². The van der Waals surface area contributed by atoms with Crippen molar-refractivity contribution in [2.75, 3.05) is 38.8 Å². The van der Waals surface area contributed by atoms with Gasteiger partial charge in [0.15, 0.2) is 11.5 Å². The summed E-state index contributed by atoms with van der Waals surface area (Å²) in [5.41, 5.74) is 3.28. The molecule has 5 rings (SSSR count). The largest absolute Gasteiger partial charge is 0.493 e. The van der Waals surface area contributed by atoms with Crippen LogP contribution in [0.25, 0.3) is 10.9 Å². The number of piperazine rings is 1. The molecule has 3 aromatic rings. The highest BCUT2D eigenvalue weighted by Gasteiger charge is 2.31. The van der Waals surface area contributed by atoms with Crippen LogP contribution in [0.3, 0.4) is 0 Å². The molecule has 2 N–H and O–H groups in total. The number of benzene rings is 2. The van der Waals surface area contributed by atoms with Crippen LogP contribution in [0.1, 0.15) is 47.3 Å². The summed E-state index contributed by atoms with van der Waals surface area (Å²) in [5.74, 6) is 0.210. The number of nitrogens with zero attached hydrogens (tertiary/aromatic N) is 2. The second-order valence-corrected chi connectivity index (χ2v) is 10.2. The van der Waals surface area contributed by atoms with Crippen molar-refractivity contribution in [3.63, 3.8) is 0 Å². The van der Waals surface area contributed by atoms with Crippen LogP contribution in [0.5, 0.6) is 11.5 Å². The number of rotatable bonds is 7. The molecule has 2 aromatic carbocycles. The predicted octanol–water partition coefficient (Wildman–Crippen LogP) is 4.29. The number of pyridine rings is 1. The summed E-state index contributed by atoms with van der Waals surface area (Å²) in [6.45, 7) is 4.51. The molecule has 2 aliphatic heterocycles. The lowest BCUT2D eigenvalue weighted by Crippen LogP contribution is -2.52. The van der Waals surface area contributed by atoms with E-state index in [1.165, 1.54) is 6.20 Å². The maximum Gasteiger partial charge on any atom is 0.341 e. The molecular weight excluding hydrogens is 494 g/mol. The van der Waals surface area contributed by atoms with E-state index in [1.54, 1.807) is 20.3 Å². The molecule has 2 aliphatic rings. The molecule has 0 spiro atoms. The molecule has 8 nitrogen and oxygen atoms in total. The average Bonchev–Trinajstić information content (AvgIpc) is 2.90. The van der Waals surface area contributed by atoms with E-state index in [0.29, 0.717) is 21.9 Å². The second kappa shape index (κ2) is 10.3. The van der Waals surface area contributed by atoms with Crippen LogP contribution >= 0.6 is 11.6 Å². The van der Waals surface area contributed by atoms with Crippen LogP contribution in [0, 0.1) is 0 Å². The quantitative estimate of drug-likeness (QED) is 0.475. The fraction of sp³-hybridized carbons (Fsp3) is 0.429. The number of hydrogen-bond acceptors (Lipinski definition) is 6. The van der Waals surface area contributed by atoms with Crippen LogP contribution in [-0.2, 0) is 12.8 Å². The first-order chi connectivity index (χ1) is 17.8. The van der Waals surface area contributed by atoms with Crippen LogP contribution in [0.2, 0.25) is 5.02 Å². The van der Waals surface area contributed by atoms with Gasteiger partial charge in [-0.1, -0.05) is 17.7 Å². The summed E-state index contributed by atoms with van der Waals surface area (Å²) in [6.07, 6.45) is 4.89. The topological polar surface area (TPSA) is 93.0 Å². The van der Waals surface area contributed by atoms with Gasteiger partial charge in [0.05, 0.1) is 30.4 Å². The number of ether oxygens (including phenoxy) is 2. The molecule has 0 bridgehead atoms. The normalized spacial score (nSPS) is 19.2. The predicted molar refractivity (Wildman–Crippen MR) is 145 cm³/mol. The van der Waals surface area contributed by atoms with E-state index in [4.69, 9.17) is 21.1 Å². The summed E-state index contributed by atoms with van der Waals surface area (Å²) < 4.78 is 12.8. The van der Waals surface area contributed by atoms with E-state index in [-0.39, 0.29) is 17.6 Å². The highest BCUT2D eigenvalue weighted by atomic mass is 35.5. The molecule has 0 radical (unpaired) electrons. The van der Waals surface area contributed by atoms with E-state index in [0.717, 1.165) is 67.6 Å². The third kappa shape index (κ3) is 4.53. The number of halogens is 1. The zero-order chi connectivity index (χ0) is 26.3. The Morgan fingerprint density at radius 3 is 2.73 bits per heavy atom. The van der Waals surface area contributed by atoms with Crippen LogP contribution < -0.4 is 25.1 Å². The van der Waals surface area contributed by atoms with Gasteiger partial charge in [0, 0.05) is 48.9 Å². The molecule has 0 amide bonds. The van der Waals surface area contributed by atoms with Crippen LogP contribution in [-0.4, -0.2) is 55.5 Å². The third-order valence-corrected chi connectivity index (χ3v) is 8.00. The number of carboxylic acids is 1. The van der Waals surface area contributed by atoms with E-state index in [2.05, 4.69) is 23.2 Å². The van der Waals surface area contributed by atoms with E-state index in [9.17, 15) is 14.7 Å². The molecule has 1 aromatic heterocycles. The van der Waals surface area contributed by atoms with Crippen molar-refractivity contribution in [3.8, 4) is 11.5 Å². The maximum atomic E-state index is 13.1. The van der Waals surface area contributed by atoms with Crippen molar-refractivity contribution in [1.82, 2.24) is 9.88 Å². The van der Waals surface area contributed by atoms with Gasteiger partial charge in [0.2, 0.25) is 5.43 Å². The van der Waals surface area contributed by atoms with Gasteiger partial charge in [-0.05, 0) is 56.4 Å². The molecule has 196 valence electrons. The summed E-state index contributed by atoms with van der Waals surface area (Å²) >= 11 is 6.90. The van der Waals surface area contributed by atoms with Gasteiger partial charge in [-0.3, -0.25) is 4.79 Å². The van der Waals surface area contributed by atoms with Crippen molar-refractivity contribution in [2.24, 2.45) is 0 Å². The first-order valence-corrected chi connectivity index (χ1v) is 13.0. The number of methoxy groups -OCH3 is 2. The maximum absolute atomic E-state index is 13.1. The van der Waals surface area contributed by atoms with Crippen LogP contribution in [0.15, 0.2) is 35.3 Å². The van der Waals surface area contributed by atoms with Gasteiger partial charge >= 0.3 is 5.97 Å². The Labute approximate surface area is 220 Å². The van der Waals surface area contributed by atoms with Crippen molar-refractivity contribution in [2.45, 2.75) is 44.7 Å². The van der Waals surface area contributed by atoms with Gasteiger partial charge in [-0.2, -0.15) is 0 Å². The average molecular weight is 526 g/mol. The Hall–Kier alpha value is -3.23. The smallest absolute Gasteiger partial charge is 0.341 e. The monoisotopic (exact) mass is 525 g/mol. The number of carbonyl (C=O) groups is 1. The number of aryl methyl sites for hydroxylation is 2. The zero-order valence-corrected chi connectivity index (χ0v) is 22.1. The minimum absolute atomic E-state index is 0.0894. The highest BCUT2D eigenvalue weighted by molar-refractivity contribution is 6.34. The fourth-order valence-electron chi connectivity index (χ4n) is 5.78. The van der Waals surface area contributed by atoms with Crippen molar-refractivity contribution in [1.29, 1.82) is 0 Å². The Balaban J connectivity index is 1.54. The van der Waals surface area contributed by atoms with Crippen molar-refractivity contribution < 1.29 is 19.4 Å². The van der Waals surface area contributed by atoms with Gasteiger partial charge < -0.3 is 29.4 Å². The molecule has 2 unspecified atom stereocenters. The van der Waals surface area contributed by atoms with Gasteiger partial charge in [-0.15, -0.1) is 0 Å². The van der Waals surface area contributed by atoms with Crippen molar-refractivity contribution in [3.05, 3.63) is 62.4 Å². The molecule has 0 saturated carbocycles. The molecule has 3 heterocycles. The minimum atomic E-state index is -1.22. The first kappa shape index (κ1) is 25.4. The molecule has 1 fully saturated rings. The third-order valence-electron chi connectivity index (χ3n) is 7.71. The lowest BCUT2D eigenvalue weighted by atomic mass is 9.92. The summed E-state index contributed by atoms with van der Waals surface area (Å²) in [7, 11) is 3.27. The van der Waals surface area contributed by atoms with Gasteiger partial charge in [0.1, 0.15) is 5.56 Å². The second-order valence-electron chi connectivity index (χ2n) is 9.83. The Morgan fingerprint density at radius 2 is 2.00 bits per heavy atom. The molecular formula is C28H32ClN3O5. The van der Waals surface area contributed by atoms with Gasteiger partial charge in [0.25, 0.3) is 0 Å². The molecule has 1 saturated heterocycles. The number of hydrogen-bond donors (Lipinski definition) is 2. The lowest BCUT2D eigenvalue weighted by molar-refractivity contribution is 0.0694. The standard InChI is InChI=1S/C28H32ClN3O5/c1-16-4-8-19-25-20(27(33)21(28(34)35)15-32(16)25)13-22(29)26(19)31-11-10-30-14-18(31)7-5-17-6-9-23(36-2)24(12-17)37-3/h6,9,12-13,15-16,18,30H,4-5,7-8,10-11,14H2,1-3H3,(H,34,35). The highest BCUT2D eigenvalue weighted by Crippen LogP contribution is 2.42. The Morgan fingerprint density at radius 1 is 1.22 bits per heavy atom. The number of aromatic nitrogens is 1. The van der Waals surface area contributed by atoms with Crippen molar-refractivity contribution >= 4 is 34.2 Å². The summed E-state index contributed by atoms with van der Waals surface area (Å²) in [4.78, 5) is 27.2. The molecule has 37 heavy (non-hydrogen) atoms. The SMILES string of the molecule is COc1ccc(CCC2CNCCN2c2c(Cl)cc3c(=O)c(C(=O)O)cn4c3c2CCC4C)cc1OC. The number of anilines is 1. The molecule has 2 atom stereocenters. The number of nitrogens with one attached hydrogen (secondary N) is 1. The summed E-state index contributed by atoms with van der Waals surface area (Å²) in [5, 5.41) is 14.0. The number of carboxylic acid groups (broad SMARTS) is 1. The van der Waals surface area contributed by atoms with E-state index < -0.39 is 11.4 Å².